The van der Waals surface area contributed by atoms with Crippen LogP contribution in [0.4, 0.5) is 0 Å². The van der Waals surface area contributed by atoms with Gasteiger partial charge in [-0.05, 0) is 25.7 Å². The van der Waals surface area contributed by atoms with Crippen molar-refractivity contribution in [3.05, 3.63) is 12.2 Å². The Balaban J connectivity index is 2.89. The van der Waals surface area contributed by atoms with Crippen molar-refractivity contribution in [3.63, 3.8) is 0 Å². The number of unbranched alkanes of at least 4 members (excludes halogenated alkanes) is 9. The summed E-state index contributed by atoms with van der Waals surface area (Å²) in [6.07, 6.45) is 21.8. The van der Waals surface area contributed by atoms with E-state index in [1.54, 1.807) is 0 Å². The van der Waals surface area contributed by atoms with Gasteiger partial charge in [0, 0.05) is 0 Å². The normalized spacial score (nSPS) is 12.1. The Morgan fingerprint density at radius 2 is 1.29 bits per heavy atom. The monoisotopic (exact) mass is 256 g/mol. The van der Waals surface area contributed by atoms with Gasteiger partial charge < -0.3 is 0 Å². The van der Waals surface area contributed by atoms with Gasteiger partial charge in [0.15, 0.2) is 0 Å². The van der Waals surface area contributed by atoms with Gasteiger partial charge >= 0.3 is 0 Å². The van der Waals surface area contributed by atoms with Gasteiger partial charge in [-0.1, -0.05) is 76.9 Å². The fraction of sp³-hybridized carbons (Fsp3) is 0.875. The number of allylic oxidation sites excluding steroid dienone is 2. The molecule has 0 bridgehead atoms. The van der Waals surface area contributed by atoms with Crippen molar-refractivity contribution in [1.29, 1.82) is 0 Å². The van der Waals surface area contributed by atoms with Crippen LogP contribution in [0.2, 0.25) is 0 Å². The zero-order valence-electron chi connectivity index (χ0n) is 12.1. The Morgan fingerprint density at radius 1 is 0.765 bits per heavy atom. The lowest BCUT2D eigenvalue weighted by molar-refractivity contribution is 0.563. The van der Waals surface area contributed by atoms with E-state index < -0.39 is 0 Å². The topological polar surface area (TPSA) is 0 Å². The van der Waals surface area contributed by atoms with Crippen molar-refractivity contribution >= 4 is 8.58 Å². The molecule has 0 nitrogen and oxygen atoms in total. The van der Waals surface area contributed by atoms with Gasteiger partial charge in [0.05, 0.1) is 0 Å². The van der Waals surface area contributed by atoms with Crippen LogP contribution < -0.4 is 0 Å². The molecule has 0 saturated carbocycles. The summed E-state index contributed by atoms with van der Waals surface area (Å²) in [4.78, 5) is 0. The summed E-state index contributed by atoms with van der Waals surface area (Å²) in [6.45, 7) is 4.40. The van der Waals surface area contributed by atoms with E-state index in [4.69, 9.17) is 0 Å². The van der Waals surface area contributed by atoms with E-state index in [0.29, 0.717) is 0 Å². The van der Waals surface area contributed by atoms with E-state index in [9.17, 15) is 0 Å². The first-order valence-electron chi connectivity index (χ1n) is 7.73. The minimum atomic E-state index is 1.16. The Bertz CT molecular complexity index is 152. The third-order valence-corrected chi connectivity index (χ3v) is 4.44. The van der Waals surface area contributed by atoms with Gasteiger partial charge in [0.1, 0.15) is 0 Å². The highest BCUT2D eigenvalue weighted by Gasteiger charge is 1.92. The summed E-state index contributed by atoms with van der Waals surface area (Å²) >= 11 is 0. The number of hydrogen-bond acceptors (Lipinski definition) is 0. The molecule has 0 aliphatic heterocycles. The minimum absolute atomic E-state index is 1.16. The molecule has 1 atom stereocenters. The van der Waals surface area contributed by atoms with Crippen LogP contribution in [0.3, 0.4) is 0 Å². The highest BCUT2D eigenvalue weighted by Crippen LogP contribution is 2.15. The van der Waals surface area contributed by atoms with Crippen molar-refractivity contribution in [3.8, 4) is 0 Å². The molecule has 0 radical (unpaired) electrons. The molecule has 0 rings (SSSR count). The highest BCUT2D eigenvalue weighted by atomic mass is 31.1. The number of hydrogen-bond donors (Lipinski definition) is 0. The quantitative estimate of drug-likeness (QED) is 0.210. The average Bonchev–Trinajstić information content (AvgIpc) is 2.35. The van der Waals surface area contributed by atoms with Crippen molar-refractivity contribution in [2.45, 2.75) is 78.1 Å². The summed E-state index contributed by atoms with van der Waals surface area (Å²) in [6, 6.07) is 0. The van der Waals surface area contributed by atoms with E-state index in [-0.39, 0.29) is 0 Å². The molecule has 0 N–H and O–H groups in total. The molecule has 0 aliphatic rings. The molecule has 0 heterocycles. The average molecular weight is 256 g/mol. The van der Waals surface area contributed by atoms with Gasteiger partial charge in [0.25, 0.3) is 0 Å². The second-order valence-electron chi connectivity index (χ2n) is 4.96. The zero-order chi connectivity index (χ0) is 12.6. The van der Waals surface area contributed by atoms with Gasteiger partial charge in [-0.25, -0.2) is 0 Å². The maximum atomic E-state index is 2.30. The van der Waals surface area contributed by atoms with Crippen LogP contribution in [0.15, 0.2) is 12.2 Å². The van der Waals surface area contributed by atoms with Crippen molar-refractivity contribution < 1.29 is 0 Å². The largest absolute Gasteiger partial charge is 0.118 e. The molecule has 0 aromatic rings. The maximum absolute atomic E-state index is 2.30. The first-order valence-corrected chi connectivity index (χ1v) is 9.15. The summed E-state index contributed by atoms with van der Waals surface area (Å²) in [5.74, 6) is 0. The van der Waals surface area contributed by atoms with Crippen molar-refractivity contribution in [1.82, 2.24) is 0 Å². The Labute approximate surface area is 111 Å². The molecular formula is C16H33P. The molecule has 0 aliphatic carbocycles. The van der Waals surface area contributed by atoms with Gasteiger partial charge in [-0.2, -0.15) is 0 Å². The molecule has 0 spiro atoms. The van der Waals surface area contributed by atoms with E-state index in [1.807, 2.05) is 0 Å². The van der Waals surface area contributed by atoms with E-state index in [2.05, 4.69) is 26.0 Å². The van der Waals surface area contributed by atoms with Crippen molar-refractivity contribution in [2.75, 3.05) is 12.3 Å². The maximum Gasteiger partial charge on any atom is -0.0172 e. The van der Waals surface area contributed by atoms with Crippen LogP contribution in [-0.2, 0) is 0 Å². The summed E-state index contributed by atoms with van der Waals surface area (Å²) in [7, 11) is 1.16. The van der Waals surface area contributed by atoms with E-state index >= 15 is 0 Å². The van der Waals surface area contributed by atoms with Crippen LogP contribution in [-0.4, -0.2) is 12.3 Å². The smallest absolute Gasteiger partial charge is 0.0172 e. The lowest BCUT2D eigenvalue weighted by atomic mass is 10.1. The fourth-order valence-corrected chi connectivity index (χ4v) is 3.15. The third kappa shape index (κ3) is 16.2. The summed E-state index contributed by atoms with van der Waals surface area (Å²) < 4.78 is 0. The van der Waals surface area contributed by atoms with Crippen LogP contribution in [0.1, 0.15) is 78.1 Å². The number of rotatable bonds is 13. The van der Waals surface area contributed by atoms with Crippen LogP contribution in [0.25, 0.3) is 0 Å². The first kappa shape index (κ1) is 17.2. The SMILES string of the molecule is CC=CCPCCCCCCCCCCCC. The van der Waals surface area contributed by atoms with Crippen LogP contribution in [0.5, 0.6) is 0 Å². The van der Waals surface area contributed by atoms with Gasteiger partial charge in [-0.15, -0.1) is 8.58 Å². The van der Waals surface area contributed by atoms with Crippen molar-refractivity contribution in [2.24, 2.45) is 0 Å². The van der Waals surface area contributed by atoms with Gasteiger partial charge in [-0.3, -0.25) is 0 Å². The lowest BCUT2D eigenvalue weighted by Crippen LogP contribution is -1.83. The standard InChI is InChI=1S/C16H33P/c1-3-5-7-8-9-10-11-12-13-14-16-17-15-6-4-2/h4,6,17H,3,5,7-16H2,1-2H3. The lowest BCUT2D eigenvalue weighted by Gasteiger charge is -2.02. The second-order valence-corrected chi connectivity index (χ2v) is 6.36. The van der Waals surface area contributed by atoms with E-state index in [0.717, 1.165) is 8.58 Å². The predicted molar refractivity (Wildman–Crippen MR) is 84.7 cm³/mol. The summed E-state index contributed by atoms with van der Waals surface area (Å²) in [5, 5.41) is 0. The molecule has 1 heteroatoms. The molecule has 0 saturated heterocycles. The zero-order valence-corrected chi connectivity index (χ0v) is 13.1. The third-order valence-electron chi connectivity index (χ3n) is 3.20. The van der Waals surface area contributed by atoms with Crippen LogP contribution >= 0.6 is 8.58 Å². The molecule has 1 unspecified atom stereocenters. The van der Waals surface area contributed by atoms with Crippen LogP contribution in [0, 0.1) is 0 Å². The molecule has 102 valence electrons. The van der Waals surface area contributed by atoms with E-state index in [1.165, 1.54) is 76.5 Å². The van der Waals surface area contributed by atoms with Gasteiger partial charge in [0.2, 0.25) is 0 Å². The fourth-order valence-electron chi connectivity index (χ4n) is 2.04. The molecule has 0 aromatic heterocycles. The Hall–Kier alpha value is 0.170. The minimum Gasteiger partial charge on any atom is -0.118 e. The highest BCUT2D eigenvalue weighted by molar-refractivity contribution is 7.38. The molecule has 0 fully saturated rings. The Kier molecular flexibility index (Phi) is 16.3. The predicted octanol–water partition coefficient (Wildman–Crippen LogP) is 6.16. The second kappa shape index (κ2) is 16.2. The summed E-state index contributed by atoms with van der Waals surface area (Å²) in [5.41, 5.74) is 0. The molecule has 0 amide bonds. The molecule has 0 aromatic carbocycles. The Morgan fingerprint density at radius 3 is 1.82 bits per heavy atom. The molecular weight excluding hydrogens is 223 g/mol. The first-order chi connectivity index (χ1) is 8.41. The molecule has 17 heavy (non-hydrogen) atoms.